The first kappa shape index (κ1) is 15.3. The van der Waals surface area contributed by atoms with Crippen LogP contribution in [0, 0.1) is 0 Å². The molecule has 23 heavy (non-hydrogen) atoms. The van der Waals surface area contributed by atoms with E-state index in [1.165, 1.54) is 6.33 Å². The maximum Gasteiger partial charge on any atom is 0.226 e. The van der Waals surface area contributed by atoms with E-state index in [0.717, 1.165) is 23.4 Å². The Hall–Kier alpha value is -2.63. The molecular formula is C17H20N4O2. The van der Waals surface area contributed by atoms with Gasteiger partial charge in [0.05, 0.1) is 6.61 Å². The van der Waals surface area contributed by atoms with Crippen LogP contribution in [0.1, 0.15) is 38.8 Å². The summed E-state index contributed by atoms with van der Waals surface area (Å²) >= 11 is 0. The van der Waals surface area contributed by atoms with Gasteiger partial charge in [0.2, 0.25) is 5.95 Å². The van der Waals surface area contributed by atoms with Gasteiger partial charge in [-0.05, 0) is 38.0 Å². The Morgan fingerprint density at radius 3 is 3.00 bits per heavy atom. The first-order valence-corrected chi connectivity index (χ1v) is 7.72. The number of hydrogen-bond acceptors (Lipinski definition) is 5. The van der Waals surface area contributed by atoms with Crippen molar-refractivity contribution >= 4 is 11.7 Å². The number of rotatable bonds is 5. The lowest BCUT2D eigenvalue weighted by molar-refractivity contribution is -0.114. The van der Waals surface area contributed by atoms with Gasteiger partial charge in [0, 0.05) is 11.3 Å². The molecule has 1 N–H and O–H groups in total. The summed E-state index contributed by atoms with van der Waals surface area (Å²) in [4.78, 5) is 16.4. The quantitative estimate of drug-likeness (QED) is 0.919. The van der Waals surface area contributed by atoms with Crippen LogP contribution in [0.15, 0.2) is 41.9 Å². The summed E-state index contributed by atoms with van der Waals surface area (Å²) in [6.45, 7) is 6.20. The van der Waals surface area contributed by atoms with Crippen LogP contribution >= 0.6 is 0 Å². The molecule has 1 aliphatic rings. The predicted octanol–water partition coefficient (Wildman–Crippen LogP) is 2.94. The summed E-state index contributed by atoms with van der Waals surface area (Å²) in [7, 11) is 0. The van der Waals surface area contributed by atoms with Crippen molar-refractivity contribution in [1.82, 2.24) is 14.8 Å². The van der Waals surface area contributed by atoms with E-state index in [1.807, 2.05) is 31.2 Å². The number of nitrogens with one attached hydrogen (secondary N) is 1. The second-order valence-corrected chi connectivity index (χ2v) is 5.57. The Bertz CT molecular complexity index is 763. The molecule has 6 heteroatoms. The molecule has 2 heterocycles. The van der Waals surface area contributed by atoms with Gasteiger partial charge in [-0.15, -0.1) is 0 Å². The smallest absolute Gasteiger partial charge is 0.226 e. The maximum absolute atomic E-state index is 12.2. The van der Waals surface area contributed by atoms with Crippen LogP contribution in [0.5, 0.6) is 5.75 Å². The molecular weight excluding hydrogens is 292 g/mol. The number of hydrogen-bond donors (Lipinski definition) is 1. The van der Waals surface area contributed by atoms with Gasteiger partial charge in [-0.1, -0.05) is 19.1 Å². The summed E-state index contributed by atoms with van der Waals surface area (Å²) in [5.74, 6) is 1.45. The largest absolute Gasteiger partial charge is 0.494 e. The van der Waals surface area contributed by atoms with E-state index >= 15 is 0 Å². The fourth-order valence-corrected chi connectivity index (χ4v) is 2.85. The molecule has 1 aromatic heterocycles. The number of carbonyl (C=O) groups is 1. The number of ether oxygens (including phenoxy) is 1. The van der Waals surface area contributed by atoms with Crippen molar-refractivity contribution in [3.8, 4) is 5.75 Å². The van der Waals surface area contributed by atoms with Crippen LogP contribution in [-0.4, -0.2) is 27.2 Å². The highest BCUT2D eigenvalue weighted by molar-refractivity contribution is 5.96. The molecule has 0 radical (unpaired) electrons. The van der Waals surface area contributed by atoms with Crippen LogP contribution < -0.4 is 10.1 Å². The second-order valence-electron chi connectivity index (χ2n) is 5.57. The van der Waals surface area contributed by atoms with Gasteiger partial charge in [0.25, 0.3) is 0 Å². The molecule has 1 unspecified atom stereocenters. The van der Waals surface area contributed by atoms with Crippen molar-refractivity contribution < 1.29 is 9.53 Å². The van der Waals surface area contributed by atoms with Crippen LogP contribution in [0.2, 0.25) is 0 Å². The van der Waals surface area contributed by atoms with E-state index in [0.29, 0.717) is 18.1 Å². The van der Waals surface area contributed by atoms with E-state index in [-0.39, 0.29) is 11.8 Å². The molecule has 120 valence electrons. The zero-order valence-electron chi connectivity index (χ0n) is 13.5. The Labute approximate surface area is 135 Å². The lowest BCUT2D eigenvalue weighted by Gasteiger charge is -2.28. The van der Waals surface area contributed by atoms with Crippen LogP contribution in [0.25, 0.3) is 0 Å². The number of ketones is 1. The van der Waals surface area contributed by atoms with Gasteiger partial charge in [0.15, 0.2) is 5.78 Å². The number of anilines is 1. The fourth-order valence-electron chi connectivity index (χ4n) is 2.85. The van der Waals surface area contributed by atoms with E-state index < -0.39 is 0 Å². The SMILES string of the molecule is CCCOc1cccc(C2C(C(C)=O)=C(C)Nc3ncnn32)c1. The third-order valence-electron chi connectivity index (χ3n) is 3.82. The number of carbonyl (C=O) groups excluding carboxylic acids is 1. The minimum atomic E-state index is -0.295. The van der Waals surface area contributed by atoms with Gasteiger partial charge in [-0.25, -0.2) is 4.68 Å². The average molecular weight is 312 g/mol. The van der Waals surface area contributed by atoms with Gasteiger partial charge in [-0.2, -0.15) is 10.1 Å². The van der Waals surface area contributed by atoms with Crippen molar-refractivity contribution in [2.45, 2.75) is 33.2 Å². The standard InChI is InChI=1S/C17H20N4O2/c1-4-8-23-14-7-5-6-13(9-14)16-15(12(3)22)11(2)20-17-18-10-19-21(16)17/h5-7,9-10,16H,4,8H2,1-3H3,(H,18,19,20). The molecule has 1 atom stereocenters. The summed E-state index contributed by atoms with van der Waals surface area (Å²) in [6, 6.07) is 7.51. The minimum Gasteiger partial charge on any atom is -0.494 e. The summed E-state index contributed by atoms with van der Waals surface area (Å²) < 4.78 is 7.46. The number of allylic oxidation sites excluding steroid dienone is 2. The van der Waals surface area contributed by atoms with E-state index in [2.05, 4.69) is 22.3 Å². The van der Waals surface area contributed by atoms with Crippen molar-refractivity contribution in [2.24, 2.45) is 0 Å². The van der Waals surface area contributed by atoms with Gasteiger partial charge in [0.1, 0.15) is 18.1 Å². The molecule has 3 rings (SSSR count). The molecule has 1 aliphatic heterocycles. The monoisotopic (exact) mass is 312 g/mol. The number of fused-ring (bicyclic) bond motifs is 1. The molecule has 6 nitrogen and oxygen atoms in total. The highest BCUT2D eigenvalue weighted by Gasteiger charge is 2.31. The lowest BCUT2D eigenvalue weighted by Crippen LogP contribution is -2.27. The number of Topliss-reactive ketones (excluding diaryl/α,β-unsaturated/α-hetero) is 1. The van der Waals surface area contributed by atoms with E-state index in [9.17, 15) is 4.79 Å². The summed E-state index contributed by atoms with van der Waals surface area (Å²) in [5, 5.41) is 7.43. The molecule has 2 aromatic rings. The highest BCUT2D eigenvalue weighted by atomic mass is 16.5. The molecule has 0 saturated carbocycles. The van der Waals surface area contributed by atoms with Crippen molar-refractivity contribution in [1.29, 1.82) is 0 Å². The van der Waals surface area contributed by atoms with Crippen molar-refractivity contribution in [2.75, 3.05) is 11.9 Å². The van der Waals surface area contributed by atoms with Crippen LogP contribution in [0.3, 0.4) is 0 Å². The average Bonchev–Trinajstić information content (AvgIpc) is 2.99. The minimum absolute atomic E-state index is 0.0148. The Kier molecular flexibility index (Phi) is 4.14. The van der Waals surface area contributed by atoms with Gasteiger partial charge in [-0.3, -0.25) is 4.79 Å². The van der Waals surface area contributed by atoms with Crippen molar-refractivity contribution in [3.05, 3.63) is 47.4 Å². The summed E-state index contributed by atoms with van der Waals surface area (Å²) in [5.41, 5.74) is 2.45. The molecule has 0 saturated heterocycles. The number of nitrogens with zero attached hydrogens (tertiary/aromatic N) is 3. The first-order valence-electron chi connectivity index (χ1n) is 7.72. The fraction of sp³-hybridized carbons (Fsp3) is 0.353. The normalized spacial score (nSPS) is 16.7. The van der Waals surface area contributed by atoms with Gasteiger partial charge >= 0.3 is 0 Å². The van der Waals surface area contributed by atoms with E-state index in [1.54, 1.807) is 11.6 Å². The van der Waals surface area contributed by atoms with Gasteiger partial charge < -0.3 is 10.1 Å². The molecule has 0 fully saturated rings. The summed E-state index contributed by atoms with van der Waals surface area (Å²) in [6.07, 6.45) is 2.44. The third-order valence-corrected chi connectivity index (χ3v) is 3.82. The number of benzene rings is 1. The molecule has 0 bridgehead atoms. The zero-order valence-corrected chi connectivity index (χ0v) is 13.5. The Morgan fingerprint density at radius 2 is 2.26 bits per heavy atom. The topological polar surface area (TPSA) is 69.0 Å². The van der Waals surface area contributed by atoms with Crippen LogP contribution in [-0.2, 0) is 4.79 Å². The first-order chi connectivity index (χ1) is 11.1. The maximum atomic E-state index is 12.2. The second kappa shape index (κ2) is 6.24. The lowest BCUT2D eigenvalue weighted by atomic mass is 9.93. The van der Waals surface area contributed by atoms with Crippen molar-refractivity contribution in [3.63, 3.8) is 0 Å². The number of aromatic nitrogens is 3. The molecule has 0 aliphatic carbocycles. The Morgan fingerprint density at radius 1 is 1.43 bits per heavy atom. The zero-order chi connectivity index (χ0) is 16.4. The highest BCUT2D eigenvalue weighted by Crippen LogP contribution is 2.35. The third kappa shape index (κ3) is 2.84. The van der Waals surface area contributed by atoms with Crippen LogP contribution in [0.4, 0.5) is 5.95 Å². The molecule has 0 spiro atoms. The van der Waals surface area contributed by atoms with E-state index in [4.69, 9.17) is 4.74 Å². The molecule has 0 amide bonds. The predicted molar refractivity (Wildman–Crippen MR) is 87.4 cm³/mol. The molecule has 1 aromatic carbocycles. The Balaban J connectivity index is 2.07.